The first-order chi connectivity index (χ1) is 9.52. The van der Waals surface area contributed by atoms with Crippen molar-refractivity contribution in [1.82, 2.24) is 4.37 Å². The second kappa shape index (κ2) is 6.08. The van der Waals surface area contributed by atoms with Crippen LogP contribution in [0.25, 0.3) is 0 Å². The molecule has 0 spiro atoms. The van der Waals surface area contributed by atoms with Gasteiger partial charge in [0.2, 0.25) is 5.91 Å². The molecule has 0 bridgehead atoms. The largest absolute Gasteiger partial charge is 0.465 e. The van der Waals surface area contributed by atoms with Crippen LogP contribution in [-0.4, -0.2) is 36.4 Å². The highest BCUT2D eigenvalue weighted by molar-refractivity contribution is 7.11. The van der Waals surface area contributed by atoms with Gasteiger partial charge >= 0.3 is 5.97 Å². The summed E-state index contributed by atoms with van der Waals surface area (Å²) in [5.74, 6) is -0.210. The third-order valence-electron chi connectivity index (χ3n) is 3.48. The molecular formula is C12H18N4O3S. The van der Waals surface area contributed by atoms with Crippen molar-refractivity contribution >= 4 is 34.2 Å². The Morgan fingerprint density at radius 3 is 2.65 bits per heavy atom. The molecule has 2 heterocycles. The Labute approximate surface area is 121 Å². The lowest BCUT2D eigenvalue weighted by Gasteiger charge is -2.32. The average molecular weight is 298 g/mol. The van der Waals surface area contributed by atoms with Crippen molar-refractivity contribution in [1.29, 1.82) is 0 Å². The number of hydrogen-bond donors (Lipinski definition) is 2. The summed E-state index contributed by atoms with van der Waals surface area (Å²) in [5.41, 5.74) is 11.3. The lowest BCUT2D eigenvalue weighted by atomic mass is 9.93. The summed E-state index contributed by atoms with van der Waals surface area (Å²) in [5, 5.41) is 0.742. The van der Waals surface area contributed by atoms with E-state index in [1.54, 1.807) is 0 Å². The van der Waals surface area contributed by atoms with Gasteiger partial charge in [-0.1, -0.05) is 0 Å². The first kappa shape index (κ1) is 14.6. The number of nitrogens with zero attached hydrogens (tertiary/aromatic N) is 2. The van der Waals surface area contributed by atoms with Gasteiger partial charge in [-0.2, -0.15) is 4.37 Å². The maximum Gasteiger partial charge on any atom is 0.344 e. The minimum absolute atomic E-state index is 0.205. The Bertz CT molecular complexity index is 509. The molecule has 0 atom stereocenters. The fraction of sp³-hybridized carbons (Fsp3) is 0.583. The van der Waals surface area contributed by atoms with Crippen molar-refractivity contribution in [3.8, 4) is 0 Å². The average Bonchev–Trinajstić information content (AvgIpc) is 2.80. The van der Waals surface area contributed by atoms with E-state index in [9.17, 15) is 9.59 Å². The van der Waals surface area contributed by atoms with Gasteiger partial charge in [0.25, 0.3) is 0 Å². The van der Waals surface area contributed by atoms with Crippen LogP contribution in [0.3, 0.4) is 0 Å². The minimum atomic E-state index is -0.467. The van der Waals surface area contributed by atoms with Crippen LogP contribution in [0.2, 0.25) is 0 Å². The van der Waals surface area contributed by atoms with Crippen molar-refractivity contribution in [2.45, 2.75) is 19.3 Å². The van der Waals surface area contributed by atoms with E-state index in [-0.39, 0.29) is 11.7 Å². The first-order valence-electron chi connectivity index (χ1n) is 6.39. The fourth-order valence-electron chi connectivity index (χ4n) is 2.43. The van der Waals surface area contributed by atoms with Crippen molar-refractivity contribution in [2.75, 3.05) is 30.8 Å². The van der Waals surface area contributed by atoms with Crippen LogP contribution in [0.15, 0.2) is 0 Å². The van der Waals surface area contributed by atoms with Crippen LogP contribution in [-0.2, 0) is 9.53 Å². The molecule has 1 aliphatic heterocycles. The summed E-state index contributed by atoms with van der Waals surface area (Å²) >= 11 is 1.20. The molecule has 1 saturated heterocycles. The maximum absolute atomic E-state index is 11.7. The number of aromatic nitrogens is 1. The van der Waals surface area contributed by atoms with E-state index in [2.05, 4.69) is 9.27 Å². The molecule has 1 fully saturated rings. The summed E-state index contributed by atoms with van der Waals surface area (Å²) < 4.78 is 8.77. The molecule has 0 aliphatic carbocycles. The Kier molecular flexibility index (Phi) is 4.43. The summed E-state index contributed by atoms with van der Waals surface area (Å²) in [6.45, 7) is 1.51. The molecule has 0 radical (unpaired) electrons. The molecular weight excluding hydrogens is 280 g/mol. The van der Waals surface area contributed by atoms with Crippen molar-refractivity contribution in [3.63, 3.8) is 0 Å². The molecule has 1 aromatic rings. The molecule has 0 saturated carbocycles. The SMILES string of the molecule is COC(=O)c1c(N)nsc1N1CCC(CC(N)=O)CC1. The Morgan fingerprint density at radius 2 is 2.10 bits per heavy atom. The van der Waals surface area contributed by atoms with Crippen molar-refractivity contribution in [3.05, 3.63) is 5.56 Å². The van der Waals surface area contributed by atoms with Gasteiger partial charge in [-0.15, -0.1) is 0 Å². The van der Waals surface area contributed by atoms with E-state index in [0.717, 1.165) is 30.9 Å². The van der Waals surface area contributed by atoms with Gasteiger partial charge in [-0.25, -0.2) is 4.79 Å². The summed E-state index contributed by atoms with van der Waals surface area (Å²) in [6.07, 6.45) is 2.14. The molecule has 1 aliphatic rings. The number of rotatable bonds is 4. The zero-order valence-electron chi connectivity index (χ0n) is 11.3. The van der Waals surface area contributed by atoms with E-state index in [4.69, 9.17) is 16.2 Å². The number of esters is 1. The third-order valence-corrected chi connectivity index (χ3v) is 4.40. The predicted octanol–water partition coefficient (Wildman–Crippen LogP) is 0.604. The number of piperidine rings is 1. The number of methoxy groups -OCH3 is 1. The predicted molar refractivity (Wildman–Crippen MR) is 76.6 cm³/mol. The summed E-state index contributed by atoms with van der Waals surface area (Å²) in [6, 6.07) is 0. The van der Waals surface area contributed by atoms with Crippen LogP contribution in [0.5, 0.6) is 0 Å². The Hall–Kier alpha value is -1.83. The van der Waals surface area contributed by atoms with E-state index in [1.807, 2.05) is 0 Å². The normalized spacial score (nSPS) is 16.1. The summed E-state index contributed by atoms with van der Waals surface area (Å²) in [4.78, 5) is 24.7. The number of carbonyl (C=O) groups excluding carboxylic acids is 2. The topological polar surface area (TPSA) is 112 Å². The number of anilines is 2. The number of primary amides is 1. The monoisotopic (exact) mass is 298 g/mol. The van der Waals surface area contributed by atoms with Gasteiger partial charge in [-0.05, 0) is 30.3 Å². The van der Waals surface area contributed by atoms with Gasteiger partial charge < -0.3 is 21.1 Å². The molecule has 8 heteroatoms. The zero-order chi connectivity index (χ0) is 14.7. The van der Waals surface area contributed by atoms with Crippen LogP contribution in [0, 0.1) is 5.92 Å². The van der Waals surface area contributed by atoms with Gasteiger partial charge in [0, 0.05) is 19.5 Å². The molecule has 110 valence electrons. The maximum atomic E-state index is 11.7. The molecule has 7 nitrogen and oxygen atoms in total. The van der Waals surface area contributed by atoms with E-state index < -0.39 is 5.97 Å². The van der Waals surface area contributed by atoms with Crippen molar-refractivity contribution in [2.24, 2.45) is 11.7 Å². The van der Waals surface area contributed by atoms with E-state index in [0.29, 0.717) is 17.9 Å². The molecule has 1 amide bonds. The molecule has 1 aromatic heterocycles. The van der Waals surface area contributed by atoms with E-state index >= 15 is 0 Å². The second-order valence-corrected chi connectivity index (χ2v) is 5.59. The summed E-state index contributed by atoms with van der Waals surface area (Å²) in [7, 11) is 1.32. The highest BCUT2D eigenvalue weighted by Crippen LogP contribution is 2.34. The van der Waals surface area contributed by atoms with Crippen LogP contribution in [0.4, 0.5) is 10.8 Å². The lowest BCUT2D eigenvalue weighted by Crippen LogP contribution is -2.35. The first-order valence-corrected chi connectivity index (χ1v) is 7.17. The number of amides is 1. The van der Waals surface area contributed by atoms with Crippen LogP contribution in [0.1, 0.15) is 29.6 Å². The lowest BCUT2D eigenvalue weighted by molar-refractivity contribution is -0.119. The number of nitrogen functional groups attached to an aromatic ring is 1. The van der Waals surface area contributed by atoms with Crippen LogP contribution < -0.4 is 16.4 Å². The van der Waals surface area contributed by atoms with Crippen LogP contribution >= 0.6 is 11.5 Å². The van der Waals surface area contributed by atoms with Gasteiger partial charge in [0.1, 0.15) is 10.6 Å². The highest BCUT2D eigenvalue weighted by atomic mass is 32.1. The van der Waals surface area contributed by atoms with Gasteiger partial charge in [0.15, 0.2) is 5.82 Å². The van der Waals surface area contributed by atoms with Gasteiger partial charge in [0.05, 0.1) is 7.11 Å². The number of ether oxygens (including phenoxy) is 1. The standard InChI is InChI=1S/C12H18N4O3S/c1-19-12(18)9-10(14)15-20-11(9)16-4-2-7(3-5-16)6-8(13)17/h7H,2-6H2,1H3,(H2,13,17)(H2,14,15). The number of carbonyl (C=O) groups is 2. The third kappa shape index (κ3) is 3.01. The molecule has 0 unspecified atom stereocenters. The van der Waals surface area contributed by atoms with E-state index in [1.165, 1.54) is 18.6 Å². The minimum Gasteiger partial charge on any atom is -0.465 e. The quantitative estimate of drug-likeness (QED) is 0.787. The smallest absolute Gasteiger partial charge is 0.344 e. The fourth-order valence-corrected chi connectivity index (χ4v) is 3.28. The number of nitrogens with two attached hydrogens (primary N) is 2. The van der Waals surface area contributed by atoms with Crippen molar-refractivity contribution < 1.29 is 14.3 Å². The molecule has 2 rings (SSSR count). The number of hydrogen-bond acceptors (Lipinski definition) is 7. The highest BCUT2D eigenvalue weighted by Gasteiger charge is 2.27. The molecule has 20 heavy (non-hydrogen) atoms. The molecule has 4 N–H and O–H groups in total. The van der Waals surface area contributed by atoms with Gasteiger partial charge in [-0.3, -0.25) is 4.79 Å². The second-order valence-electron chi connectivity index (χ2n) is 4.84. The molecule has 0 aromatic carbocycles. The Morgan fingerprint density at radius 1 is 1.45 bits per heavy atom. The Balaban J connectivity index is 2.07. The zero-order valence-corrected chi connectivity index (χ0v) is 12.1.